The van der Waals surface area contributed by atoms with Crippen LogP contribution in [0.2, 0.25) is 0 Å². The Morgan fingerprint density at radius 2 is 1.81 bits per heavy atom. The lowest BCUT2D eigenvalue weighted by molar-refractivity contribution is 0.102. The summed E-state index contributed by atoms with van der Waals surface area (Å²) in [6, 6.07) is 13.9. The van der Waals surface area contributed by atoms with Gasteiger partial charge in [0.05, 0.1) is 12.4 Å². The zero-order valence-corrected chi connectivity index (χ0v) is 16.0. The molecule has 2 aromatic carbocycles. The van der Waals surface area contributed by atoms with Crippen LogP contribution in [0.1, 0.15) is 23.2 Å². The predicted octanol–water partition coefficient (Wildman–Crippen LogP) is 3.15. The Labute approximate surface area is 159 Å². The number of ether oxygens (including phenoxy) is 2. The zero-order valence-electron chi connectivity index (χ0n) is 15.2. The second kappa shape index (κ2) is 8.43. The van der Waals surface area contributed by atoms with Crippen molar-refractivity contribution in [2.24, 2.45) is 5.92 Å². The average Bonchev–Trinajstić information content (AvgIpc) is 3.44. The number of nitrogens with one attached hydrogen (secondary N) is 1. The van der Waals surface area contributed by atoms with Crippen molar-refractivity contribution in [2.45, 2.75) is 12.8 Å². The minimum absolute atomic E-state index is 0.0568. The third kappa shape index (κ3) is 6.60. The van der Waals surface area contributed by atoms with Gasteiger partial charge in [-0.25, -0.2) is 8.42 Å². The number of sulfone groups is 1. The quantitative estimate of drug-likeness (QED) is 0.712. The molecule has 0 unspecified atom stereocenters. The summed E-state index contributed by atoms with van der Waals surface area (Å²) in [5, 5.41) is 2.81. The molecule has 2 aromatic rings. The third-order valence-corrected chi connectivity index (χ3v) is 5.02. The smallest absolute Gasteiger partial charge is 0.255 e. The van der Waals surface area contributed by atoms with Gasteiger partial charge < -0.3 is 14.8 Å². The van der Waals surface area contributed by atoms with Crippen LogP contribution >= 0.6 is 0 Å². The maximum atomic E-state index is 12.4. The van der Waals surface area contributed by atoms with Gasteiger partial charge in [0.15, 0.2) is 9.84 Å². The van der Waals surface area contributed by atoms with E-state index in [1.54, 1.807) is 48.5 Å². The summed E-state index contributed by atoms with van der Waals surface area (Å²) in [6.45, 7) is 0.802. The lowest BCUT2D eigenvalue weighted by Gasteiger charge is -2.10. The summed E-state index contributed by atoms with van der Waals surface area (Å²) in [5.74, 6) is 1.65. The number of anilines is 1. The minimum atomic E-state index is -3.07. The summed E-state index contributed by atoms with van der Waals surface area (Å²) >= 11 is 0. The topological polar surface area (TPSA) is 81.7 Å². The van der Waals surface area contributed by atoms with Crippen LogP contribution in [0.15, 0.2) is 48.5 Å². The van der Waals surface area contributed by atoms with Crippen molar-refractivity contribution in [3.63, 3.8) is 0 Å². The van der Waals surface area contributed by atoms with E-state index in [1.165, 1.54) is 12.8 Å². The largest absolute Gasteiger partial charge is 0.493 e. The molecular weight excluding hydrogens is 366 g/mol. The SMILES string of the molecule is CS(=O)(=O)CCOc1cccc(NC(=O)c2ccc(OCC3CC3)cc2)c1. The van der Waals surface area contributed by atoms with Crippen molar-refractivity contribution >= 4 is 21.4 Å². The van der Waals surface area contributed by atoms with E-state index in [9.17, 15) is 13.2 Å². The highest BCUT2D eigenvalue weighted by atomic mass is 32.2. The summed E-state index contributed by atoms with van der Waals surface area (Å²) in [6.07, 6.45) is 3.63. The maximum Gasteiger partial charge on any atom is 0.255 e. The molecule has 1 amide bonds. The Bertz CT molecular complexity index is 889. The molecule has 0 atom stereocenters. The summed E-state index contributed by atoms with van der Waals surface area (Å²) in [4.78, 5) is 12.4. The van der Waals surface area contributed by atoms with E-state index in [0.717, 1.165) is 18.6 Å². The molecule has 1 fully saturated rings. The van der Waals surface area contributed by atoms with Crippen molar-refractivity contribution in [2.75, 3.05) is 30.5 Å². The number of hydrogen-bond acceptors (Lipinski definition) is 5. The molecule has 6 nitrogen and oxygen atoms in total. The Hall–Kier alpha value is -2.54. The van der Waals surface area contributed by atoms with Crippen molar-refractivity contribution in [1.29, 1.82) is 0 Å². The fraction of sp³-hybridized carbons (Fsp3) is 0.350. The molecule has 1 aliphatic rings. The Balaban J connectivity index is 1.54. The number of rotatable bonds is 9. The maximum absolute atomic E-state index is 12.4. The molecule has 0 aliphatic heterocycles. The van der Waals surface area contributed by atoms with E-state index in [2.05, 4.69) is 5.32 Å². The monoisotopic (exact) mass is 389 g/mol. The van der Waals surface area contributed by atoms with Crippen molar-refractivity contribution < 1.29 is 22.7 Å². The van der Waals surface area contributed by atoms with Crippen LogP contribution in [0.25, 0.3) is 0 Å². The van der Waals surface area contributed by atoms with E-state index >= 15 is 0 Å². The Kier molecular flexibility index (Phi) is 6.01. The van der Waals surface area contributed by atoms with Crippen molar-refractivity contribution in [3.8, 4) is 11.5 Å². The minimum Gasteiger partial charge on any atom is -0.493 e. The highest BCUT2D eigenvalue weighted by molar-refractivity contribution is 7.90. The molecule has 1 aliphatic carbocycles. The molecule has 27 heavy (non-hydrogen) atoms. The molecule has 0 saturated heterocycles. The van der Waals surface area contributed by atoms with Gasteiger partial charge in [0, 0.05) is 23.6 Å². The van der Waals surface area contributed by atoms with Gasteiger partial charge in [-0.2, -0.15) is 0 Å². The van der Waals surface area contributed by atoms with Gasteiger partial charge in [0.2, 0.25) is 0 Å². The Morgan fingerprint density at radius 1 is 1.07 bits per heavy atom. The van der Waals surface area contributed by atoms with Gasteiger partial charge in [-0.05, 0) is 55.2 Å². The van der Waals surface area contributed by atoms with Crippen LogP contribution in [-0.2, 0) is 9.84 Å². The zero-order chi connectivity index (χ0) is 19.3. The van der Waals surface area contributed by atoms with Gasteiger partial charge in [0.1, 0.15) is 18.1 Å². The van der Waals surface area contributed by atoms with Crippen LogP contribution in [-0.4, -0.2) is 39.5 Å². The molecule has 1 N–H and O–H groups in total. The molecule has 0 bridgehead atoms. The van der Waals surface area contributed by atoms with Crippen LogP contribution < -0.4 is 14.8 Å². The Morgan fingerprint density at radius 3 is 2.48 bits per heavy atom. The van der Waals surface area contributed by atoms with Crippen LogP contribution in [0.3, 0.4) is 0 Å². The van der Waals surface area contributed by atoms with E-state index in [-0.39, 0.29) is 18.3 Å². The molecule has 144 valence electrons. The second-order valence-electron chi connectivity index (χ2n) is 6.74. The first-order chi connectivity index (χ1) is 12.9. The molecule has 0 radical (unpaired) electrons. The molecule has 1 saturated carbocycles. The lowest BCUT2D eigenvalue weighted by Crippen LogP contribution is -2.13. The predicted molar refractivity (Wildman–Crippen MR) is 104 cm³/mol. The normalized spacial score (nSPS) is 13.8. The van der Waals surface area contributed by atoms with Crippen LogP contribution in [0, 0.1) is 5.92 Å². The number of carbonyl (C=O) groups is 1. The van der Waals surface area contributed by atoms with E-state index < -0.39 is 9.84 Å². The van der Waals surface area contributed by atoms with E-state index in [0.29, 0.717) is 22.9 Å². The fourth-order valence-electron chi connectivity index (χ4n) is 2.38. The van der Waals surface area contributed by atoms with Gasteiger partial charge >= 0.3 is 0 Å². The first-order valence-corrected chi connectivity index (χ1v) is 10.9. The molecule has 0 heterocycles. The molecule has 7 heteroatoms. The number of hydrogen-bond donors (Lipinski definition) is 1. The number of benzene rings is 2. The summed E-state index contributed by atoms with van der Waals surface area (Å²) in [7, 11) is -3.07. The standard InChI is InChI=1S/C20H23NO5S/c1-27(23,24)12-11-25-19-4-2-3-17(13-19)21-20(22)16-7-9-18(10-8-16)26-14-15-5-6-15/h2-4,7-10,13,15H,5-6,11-12,14H2,1H3,(H,21,22). The van der Waals surface area contributed by atoms with Gasteiger partial charge in [-0.15, -0.1) is 0 Å². The molecule has 3 rings (SSSR count). The number of carbonyl (C=O) groups excluding carboxylic acids is 1. The molecule has 0 aromatic heterocycles. The molecular formula is C20H23NO5S. The lowest BCUT2D eigenvalue weighted by atomic mass is 10.2. The van der Waals surface area contributed by atoms with Crippen molar-refractivity contribution in [1.82, 2.24) is 0 Å². The van der Waals surface area contributed by atoms with E-state index in [4.69, 9.17) is 9.47 Å². The van der Waals surface area contributed by atoms with Gasteiger partial charge in [-0.3, -0.25) is 4.79 Å². The van der Waals surface area contributed by atoms with Crippen LogP contribution in [0.5, 0.6) is 11.5 Å². The summed E-state index contributed by atoms with van der Waals surface area (Å²) < 4.78 is 33.4. The third-order valence-electron chi connectivity index (χ3n) is 4.11. The van der Waals surface area contributed by atoms with Gasteiger partial charge in [0.25, 0.3) is 5.91 Å². The van der Waals surface area contributed by atoms with Gasteiger partial charge in [-0.1, -0.05) is 6.07 Å². The molecule has 0 spiro atoms. The average molecular weight is 389 g/mol. The van der Waals surface area contributed by atoms with Crippen molar-refractivity contribution in [3.05, 3.63) is 54.1 Å². The highest BCUT2D eigenvalue weighted by Crippen LogP contribution is 2.29. The van der Waals surface area contributed by atoms with Crippen LogP contribution in [0.4, 0.5) is 5.69 Å². The second-order valence-corrected chi connectivity index (χ2v) is 9.00. The fourth-order valence-corrected chi connectivity index (χ4v) is 2.77. The first kappa shape index (κ1) is 19.2. The first-order valence-electron chi connectivity index (χ1n) is 8.84. The number of amides is 1. The summed E-state index contributed by atoms with van der Waals surface area (Å²) in [5.41, 5.74) is 1.10. The van der Waals surface area contributed by atoms with E-state index in [1.807, 2.05) is 0 Å². The highest BCUT2D eigenvalue weighted by Gasteiger charge is 2.21.